The maximum atomic E-state index is 6.21. The summed E-state index contributed by atoms with van der Waals surface area (Å²) >= 11 is 0. The number of hydrogen-bond acceptors (Lipinski definition) is 9. The summed E-state index contributed by atoms with van der Waals surface area (Å²) in [4.78, 5) is 26.4. The fourth-order valence-electron chi connectivity index (χ4n) is 3.45. The van der Waals surface area contributed by atoms with E-state index < -0.39 is 6.10 Å². The average molecular weight is 413 g/mol. The van der Waals surface area contributed by atoms with Gasteiger partial charge in [0.2, 0.25) is 0 Å². The Morgan fingerprint density at radius 1 is 1.03 bits per heavy atom. The lowest BCUT2D eigenvalue weighted by Gasteiger charge is -2.16. The molecule has 5 heterocycles. The van der Waals surface area contributed by atoms with Crippen molar-refractivity contribution in [2.75, 3.05) is 5.73 Å². The molecule has 31 heavy (non-hydrogen) atoms. The summed E-state index contributed by atoms with van der Waals surface area (Å²) in [7, 11) is 1.84. The highest BCUT2D eigenvalue weighted by Gasteiger charge is 2.19. The molecule has 0 unspecified atom stereocenters. The van der Waals surface area contributed by atoms with Crippen molar-refractivity contribution in [2.24, 2.45) is 7.05 Å². The standard InChI is InChI=1S/C21H19N9O/c1-11-4-13(6-23-5-11)18-19-17(20(22)27-10-26-19)16(9-24-18)31-12(2)21-25-8-15-14(29-21)7-28-30(15)3/h4-10,12H,1-3H3,(H2,22,26,27)/t12-/m1/s1. The molecular formula is C21H19N9O. The van der Waals surface area contributed by atoms with Crippen molar-refractivity contribution in [1.82, 2.24) is 39.7 Å². The molecule has 0 saturated carbocycles. The molecule has 5 aromatic heterocycles. The summed E-state index contributed by atoms with van der Waals surface area (Å²) in [6.07, 6.45) is 9.53. The van der Waals surface area contributed by atoms with Crippen molar-refractivity contribution in [2.45, 2.75) is 20.0 Å². The number of rotatable bonds is 4. The van der Waals surface area contributed by atoms with E-state index in [-0.39, 0.29) is 0 Å². The van der Waals surface area contributed by atoms with Crippen LogP contribution in [0.3, 0.4) is 0 Å². The number of nitrogen functional groups attached to an aromatic ring is 1. The Balaban J connectivity index is 1.57. The van der Waals surface area contributed by atoms with Crippen molar-refractivity contribution in [3.05, 3.63) is 54.8 Å². The first kappa shape index (κ1) is 18.8. The van der Waals surface area contributed by atoms with Gasteiger partial charge in [-0.2, -0.15) is 5.10 Å². The predicted octanol–water partition coefficient (Wildman–Crippen LogP) is 2.79. The zero-order valence-corrected chi connectivity index (χ0v) is 17.2. The van der Waals surface area contributed by atoms with E-state index in [0.29, 0.717) is 34.0 Å². The Bertz CT molecular complexity index is 1430. The lowest BCUT2D eigenvalue weighted by Crippen LogP contribution is -2.09. The van der Waals surface area contributed by atoms with Crippen LogP contribution in [0.25, 0.3) is 33.2 Å². The number of aryl methyl sites for hydroxylation is 2. The smallest absolute Gasteiger partial charge is 0.169 e. The number of pyridine rings is 2. The molecule has 1 atom stereocenters. The van der Waals surface area contributed by atoms with Gasteiger partial charge in [0.05, 0.1) is 29.7 Å². The molecule has 10 heteroatoms. The summed E-state index contributed by atoms with van der Waals surface area (Å²) in [5, 5.41) is 4.79. The van der Waals surface area contributed by atoms with Gasteiger partial charge in [0, 0.05) is 25.0 Å². The van der Waals surface area contributed by atoms with Gasteiger partial charge < -0.3 is 10.5 Å². The molecule has 0 radical (unpaired) electrons. The van der Waals surface area contributed by atoms with Crippen LogP contribution >= 0.6 is 0 Å². The van der Waals surface area contributed by atoms with E-state index in [1.54, 1.807) is 35.7 Å². The third-order valence-corrected chi connectivity index (χ3v) is 4.99. The fraction of sp³-hybridized carbons (Fsp3) is 0.190. The molecule has 0 bridgehead atoms. The molecule has 0 aliphatic rings. The molecule has 0 aliphatic heterocycles. The number of nitrogens with zero attached hydrogens (tertiary/aromatic N) is 8. The second-order valence-electron chi connectivity index (χ2n) is 7.23. The molecule has 10 nitrogen and oxygen atoms in total. The minimum absolute atomic E-state index is 0.306. The third-order valence-electron chi connectivity index (χ3n) is 4.99. The molecular weight excluding hydrogens is 394 g/mol. The van der Waals surface area contributed by atoms with Crippen LogP contribution in [0.4, 0.5) is 5.82 Å². The fourth-order valence-corrected chi connectivity index (χ4v) is 3.45. The summed E-state index contributed by atoms with van der Waals surface area (Å²) in [5.74, 6) is 1.29. The normalized spacial score (nSPS) is 12.4. The van der Waals surface area contributed by atoms with Crippen LogP contribution in [0, 0.1) is 6.92 Å². The van der Waals surface area contributed by atoms with Gasteiger partial charge in [-0.15, -0.1) is 0 Å². The molecule has 5 rings (SSSR count). The first-order valence-corrected chi connectivity index (χ1v) is 9.64. The average Bonchev–Trinajstić information content (AvgIpc) is 3.14. The topological polar surface area (TPSA) is 130 Å². The Morgan fingerprint density at radius 3 is 2.74 bits per heavy atom. The molecule has 154 valence electrons. The zero-order valence-electron chi connectivity index (χ0n) is 17.2. The van der Waals surface area contributed by atoms with E-state index in [2.05, 4.69) is 35.0 Å². The Morgan fingerprint density at radius 2 is 1.90 bits per heavy atom. The monoisotopic (exact) mass is 413 g/mol. The number of ether oxygens (including phenoxy) is 1. The second-order valence-corrected chi connectivity index (χ2v) is 7.23. The van der Waals surface area contributed by atoms with Crippen LogP contribution in [0.5, 0.6) is 5.75 Å². The van der Waals surface area contributed by atoms with Crippen molar-refractivity contribution in [3.63, 3.8) is 0 Å². The SMILES string of the molecule is Cc1cncc(-c2ncc(O[C@H](C)c3ncc4c(cnn4C)n3)c3c(N)ncnc23)c1. The van der Waals surface area contributed by atoms with E-state index in [1.807, 2.05) is 27.0 Å². The first-order chi connectivity index (χ1) is 15.0. The maximum absolute atomic E-state index is 6.21. The van der Waals surface area contributed by atoms with Crippen molar-refractivity contribution in [1.29, 1.82) is 0 Å². The van der Waals surface area contributed by atoms with E-state index in [4.69, 9.17) is 10.5 Å². The van der Waals surface area contributed by atoms with Gasteiger partial charge in [-0.3, -0.25) is 9.67 Å². The van der Waals surface area contributed by atoms with Crippen LogP contribution in [-0.2, 0) is 7.05 Å². The van der Waals surface area contributed by atoms with E-state index in [9.17, 15) is 0 Å². The summed E-state index contributed by atoms with van der Waals surface area (Å²) < 4.78 is 7.90. The molecule has 0 fully saturated rings. The lowest BCUT2D eigenvalue weighted by molar-refractivity contribution is 0.219. The number of fused-ring (bicyclic) bond motifs is 2. The Kier molecular flexibility index (Phi) is 4.39. The van der Waals surface area contributed by atoms with Gasteiger partial charge in [0.25, 0.3) is 0 Å². The molecule has 0 amide bonds. The van der Waals surface area contributed by atoms with E-state index >= 15 is 0 Å². The van der Waals surface area contributed by atoms with Crippen molar-refractivity contribution in [3.8, 4) is 17.0 Å². The summed E-state index contributed by atoms with van der Waals surface area (Å²) in [6, 6.07) is 1.99. The van der Waals surface area contributed by atoms with Crippen LogP contribution < -0.4 is 10.5 Å². The molecule has 0 aromatic carbocycles. The minimum atomic E-state index is -0.458. The van der Waals surface area contributed by atoms with Crippen molar-refractivity contribution < 1.29 is 4.74 Å². The van der Waals surface area contributed by atoms with Crippen molar-refractivity contribution >= 4 is 27.8 Å². The molecule has 2 N–H and O–H groups in total. The lowest BCUT2D eigenvalue weighted by atomic mass is 10.1. The van der Waals surface area contributed by atoms with Gasteiger partial charge in [0.15, 0.2) is 17.7 Å². The summed E-state index contributed by atoms with van der Waals surface area (Å²) in [6.45, 7) is 3.84. The van der Waals surface area contributed by atoms with Crippen LogP contribution in [0.1, 0.15) is 24.4 Å². The highest BCUT2D eigenvalue weighted by molar-refractivity contribution is 6.00. The van der Waals surface area contributed by atoms with Gasteiger partial charge in [0.1, 0.15) is 28.7 Å². The van der Waals surface area contributed by atoms with Gasteiger partial charge >= 0.3 is 0 Å². The van der Waals surface area contributed by atoms with E-state index in [0.717, 1.165) is 22.2 Å². The second kappa shape index (κ2) is 7.24. The molecule has 0 saturated heterocycles. The zero-order chi connectivity index (χ0) is 21.5. The van der Waals surface area contributed by atoms with Crippen LogP contribution in [0.2, 0.25) is 0 Å². The number of hydrogen-bond donors (Lipinski definition) is 1. The summed E-state index contributed by atoms with van der Waals surface area (Å²) in [5.41, 5.74) is 10.9. The highest BCUT2D eigenvalue weighted by atomic mass is 16.5. The number of nitrogens with two attached hydrogens (primary N) is 1. The highest BCUT2D eigenvalue weighted by Crippen LogP contribution is 2.35. The Labute approximate surface area is 177 Å². The van der Waals surface area contributed by atoms with E-state index in [1.165, 1.54) is 6.33 Å². The molecule has 0 spiro atoms. The number of aromatic nitrogens is 8. The van der Waals surface area contributed by atoms with Crippen LogP contribution in [0.15, 0.2) is 43.4 Å². The van der Waals surface area contributed by atoms with Gasteiger partial charge in [-0.25, -0.2) is 24.9 Å². The van der Waals surface area contributed by atoms with Crippen LogP contribution in [-0.4, -0.2) is 39.7 Å². The predicted molar refractivity (Wildman–Crippen MR) is 115 cm³/mol. The molecule has 0 aliphatic carbocycles. The minimum Gasteiger partial charge on any atom is -0.480 e. The maximum Gasteiger partial charge on any atom is 0.169 e. The van der Waals surface area contributed by atoms with Gasteiger partial charge in [-0.05, 0) is 25.5 Å². The largest absolute Gasteiger partial charge is 0.480 e. The Hall–Kier alpha value is -4.21. The number of anilines is 1. The quantitative estimate of drug-likeness (QED) is 0.472. The molecule has 5 aromatic rings. The first-order valence-electron chi connectivity index (χ1n) is 9.64. The third kappa shape index (κ3) is 3.27. The van der Waals surface area contributed by atoms with Gasteiger partial charge in [-0.1, -0.05) is 0 Å².